The van der Waals surface area contributed by atoms with Crippen molar-refractivity contribution in [1.29, 1.82) is 0 Å². The van der Waals surface area contributed by atoms with Crippen LogP contribution in [0.3, 0.4) is 0 Å². The molecule has 0 spiro atoms. The SMILES string of the molecule is C=CC1=C(C=C)C(OC)OC1=O.CC. The molecule has 3 nitrogen and oxygen atoms in total. The molecule has 1 atom stereocenters. The maximum atomic E-state index is 11.1. The summed E-state index contributed by atoms with van der Waals surface area (Å²) < 4.78 is 9.74. The van der Waals surface area contributed by atoms with Gasteiger partial charge in [-0.2, -0.15) is 0 Å². The summed E-state index contributed by atoms with van der Waals surface area (Å²) in [6.07, 6.45) is 2.36. The molecule has 3 heteroatoms. The zero-order valence-corrected chi connectivity index (χ0v) is 8.87. The minimum Gasteiger partial charge on any atom is -0.428 e. The van der Waals surface area contributed by atoms with E-state index >= 15 is 0 Å². The third kappa shape index (κ3) is 2.33. The van der Waals surface area contributed by atoms with Gasteiger partial charge in [-0.05, 0) is 0 Å². The van der Waals surface area contributed by atoms with Gasteiger partial charge in [-0.1, -0.05) is 39.2 Å². The molecule has 1 aliphatic rings. The Hall–Kier alpha value is -1.35. The van der Waals surface area contributed by atoms with E-state index in [9.17, 15) is 4.79 Å². The number of esters is 1. The highest BCUT2D eigenvalue weighted by Crippen LogP contribution is 2.24. The van der Waals surface area contributed by atoms with E-state index in [1.54, 1.807) is 0 Å². The average Bonchev–Trinajstić information content (AvgIpc) is 2.56. The molecule has 1 rings (SSSR count). The summed E-state index contributed by atoms with van der Waals surface area (Å²) in [4.78, 5) is 11.1. The van der Waals surface area contributed by atoms with Crippen molar-refractivity contribution in [3.63, 3.8) is 0 Å². The quantitative estimate of drug-likeness (QED) is 0.649. The predicted molar refractivity (Wildman–Crippen MR) is 55.7 cm³/mol. The van der Waals surface area contributed by atoms with Gasteiger partial charge in [-0.25, -0.2) is 4.79 Å². The lowest BCUT2D eigenvalue weighted by molar-refractivity contribution is -0.155. The minimum absolute atomic E-state index is 0.410. The number of carbonyl (C=O) groups excluding carboxylic acids is 1. The fourth-order valence-electron chi connectivity index (χ4n) is 1.05. The van der Waals surface area contributed by atoms with Crippen molar-refractivity contribution in [2.75, 3.05) is 7.11 Å². The van der Waals surface area contributed by atoms with Crippen LogP contribution in [0.1, 0.15) is 13.8 Å². The van der Waals surface area contributed by atoms with E-state index in [-0.39, 0.29) is 0 Å². The van der Waals surface area contributed by atoms with E-state index in [0.717, 1.165) is 0 Å². The monoisotopic (exact) mass is 196 g/mol. The molecule has 0 aromatic rings. The van der Waals surface area contributed by atoms with E-state index in [2.05, 4.69) is 13.2 Å². The first-order chi connectivity index (χ1) is 6.74. The number of carbonyl (C=O) groups is 1. The molecule has 0 amide bonds. The van der Waals surface area contributed by atoms with E-state index in [1.807, 2.05) is 13.8 Å². The van der Waals surface area contributed by atoms with Gasteiger partial charge < -0.3 is 9.47 Å². The van der Waals surface area contributed by atoms with Crippen molar-refractivity contribution in [2.45, 2.75) is 20.1 Å². The number of methoxy groups -OCH3 is 1. The molecular weight excluding hydrogens is 180 g/mol. The molecule has 0 aliphatic carbocycles. The molecule has 0 radical (unpaired) electrons. The average molecular weight is 196 g/mol. The lowest BCUT2D eigenvalue weighted by Crippen LogP contribution is -2.12. The fourth-order valence-corrected chi connectivity index (χ4v) is 1.05. The van der Waals surface area contributed by atoms with Crippen molar-refractivity contribution < 1.29 is 14.3 Å². The molecule has 1 aliphatic heterocycles. The van der Waals surface area contributed by atoms with Crippen LogP contribution in [0.25, 0.3) is 0 Å². The van der Waals surface area contributed by atoms with E-state index in [4.69, 9.17) is 9.47 Å². The highest BCUT2D eigenvalue weighted by atomic mass is 16.7. The molecule has 1 unspecified atom stereocenters. The lowest BCUT2D eigenvalue weighted by Gasteiger charge is -2.07. The van der Waals surface area contributed by atoms with Crippen LogP contribution in [0.4, 0.5) is 0 Å². The Bertz CT molecular complexity index is 264. The van der Waals surface area contributed by atoms with Gasteiger partial charge >= 0.3 is 5.97 Å². The topological polar surface area (TPSA) is 35.5 Å². The molecule has 0 aromatic heterocycles. The van der Waals surface area contributed by atoms with Gasteiger partial charge in [0.2, 0.25) is 6.29 Å². The molecule has 0 saturated carbocycles. The van der Waals surface area contributed by atoms with Crippen molar-refractivity contribution >= 4 is 5.97 Å². The zero-order valence-electron chi connectivity index (χ0n) is 8.87. The molecule has 1 heterocycles. The summed E-state index contributed by atoms with van der Waals surface area (Å²) >= 11 is 0. The van der Waals surface area contributed by atoms with Crippen LogP contribution in [0.15, 0.2) is 36.5 Å². The number of hydrogen-bond donors (Lipinski definition) is 0. The third-order valence-electron chi connectivity index (χ3n) is 1.64. The van der Waals surface area contributed by atoms with E-state index in [1.165, 1.54) is 19.3 Å². The first-order valence-electron chi connectivity index (χ1n) is 4.47. The van der Waals surface area contributed by atoms with E-state index in [0.29, 0.717) is 11.1 Å². The standard InChI is InChI=1S/C9H10O3.C2H6/c1-4-6-7(5-2)9(11-3)12-8(6)10;1-2/h4-5,9H,1-2H2,3H3;1-2H3. The Morgan fingerprint density at radius 2 is 1.93 bits per heavy atom. The van der Waals surface area contributed by atoms with Gasteiger partial charge in [0.25, 0.3) is 0 Å². The van der Waals surface area contributed by atoms with Crippen LogP contribution >= 0.6 is 0 Å². The number of cyclic esters (lactones) is 1. The van der Waals surface area contributed by atoms with Crippen molar-refractivity contribution in [1.82, 2.24) is 0 Å². The largest absolute Gasteiger partial charge is 0.428 e. The third-order valence-corrected chi connectivity index (χ3v) is 1.64. The van der Waals surface area contributed by atoms with Gasteiger partial charge in [0.05, 0.1) is 5.57 Å². The molecule has 0 N–H and O–H groups in total. The molecule has 0 aromatic carbocycles. The summed E-state index contributed by atoms with van der Waals surface area (Å²) in [5, 5.41) is 0. The van der Waals surface area contributed by atoms with Crippen LogP contribution < -0.4 is 0 Å². The molecule has 14 heavy (non-hydrogen) atoms. The Kier molecular flexibility index (Phi) is 5.56. The number of hydrogen-bond acceptors (Lipinski definition) is 3. The fraction of sp³-hybridized carbons (Fsp3) is 0.364. The molecule has 0 fully saturated rings. The van der Waals surface area contributed by atoms with Crippen molar-refractivity contribution in [3.05, 3.63) is 36.5 Å². The normalized spacial score (nSPS) is 19.6. The van der Waals surface area contributed by atoms with Crippen LogP contribution in [-0.2, 0) is 14.3 Å². The van der Waals surface area contributed by atoms with Gasteiger partial charge in [0.1, 0.15) is 0 Å². The summed E-state index contributed by atoms with van der Waals surface area (Å²) in [6, 6.07) is 0. The maximum Gasteiger partial charge on any atom is 0.341 e. The Morgan fingerprint density at radius 3 is 2.29 bits per heavy atom. The minimum atomic E-state index is -0.622. The summed E-state index contributed by atoms with van der Waals surface area (Å²) in [6.45, 7) is 11.1. The summed E-state index contributed by atoms with van der Waals surface area (Å²) in [7, 11) is 1.47. The van der Waals surface area contributed by atoms with Crippen LogP contribution in [-0.4, -0.2) is 19.4 Å². The van der Waals surface area contributed by atoms with Crippen LogP contribution in [0.5, 0.6) is 0 Å². The van der Waals surface area contributed by atoms with Gasteiger partial charge in [-0.15, -0.1) is 0 Å². The second-order valence-corrected chi connectivity index (χ2v) is 2.25. The maximum absolute atomic E-state index is 11.1. The molecule has 0 saturated heterocycles. The van der Waals surface area contributed by atoms with Crippen LogP contribution in [0.2, 0.25) is 0 Å². The summed E-state index contributed by atoms with van der Waals surface area (Å²) in [5.74, 6) is -0.410. The molecule has 0 bridgehead atoms. The van der Waals surface area contributed by atoms with Gasteiger partial charge in [0.15, 0.2) is 0 Å². The smallest absolute Gasteiger partial charge is 0.341 e. The summed E-state index contributed by atoms with van der Waals surface area (Å²) in [5.41, 5.74) is 1.06. The highest BCUT2D eigenvalue weighted by molar-refractivity contribution is 5.95. The highest BCUT2D eigenvalue weighted by Gasteiger charge is 2.30. The lowest BCUT2D eigenvalue weighted by atomic mass is 10.1. The Labute approximate surface area is 84.7 Å². The van der Waals surface area contributed by atoms with Gasteiger partial charge in [-0.3, -0.25) is 0 Å². The first kappa shape index (κ1) is 12.7. The Balaban J connectivity index is 0.000000791. The van der Waals surface area contributed by atoms with E-state index < -0.39 is 12.3 Å². The molecular formula is C11H16O3. The van der Waals surface area contributed by atoms with Crippen molar-refractivity contribution in [3.8, 4) is 0 Å². The first-order valence-corrected chi connectivity index (χ1v) is 4.47. The Morgan fingerprint density at radius 1 is 1.36 bits per heavy atom. The number of rotatable bonds is 3. The molecule has 78 valence electrons. The predicted octanol–water partition coefficient (Wildman–Crippen LogP) is 2.21. The number of ether oxygens (including phenoxy) is 2. The van der Waals surface area contributed by atoms with Gasteiger partial charge in [0, 0.05) is 12.7 Å². The van der Waals surface area contributed by atoms with Crippen LogP contribution in [0, 0.1) is 0 Å². The second kappa shape index (κ2) is 6.16. The zero-order chi connectivity index (χ0) is 11.1. The van der Waals surface area contributed by atoms with Crippen molar-refractivity contribution in [2.24, 2.45) is 0 Å². The second-order valence-electron chi connectivity index (χ2n) is 2.25.